The van der Waals surface area contributed by atoms with Crippen LogP contribution in [0.15, 0.2) is 57.9 Å². The third kappa shape index (κ3) is 2.36. The highest BCUT2D eigenvalue weighted by molar-refractivity contribution is 5.62. The molecule has 1 heteroatoms. The fourth-order valence-corrected chi connectivity index (χ4v) is 6.77. The summed E-state index contributed by atoms with van der Waals surface area (Å²) in [5.74, 6) is 1.42. The minimum absolute atomic E-state index is 0.597. The number of fused-ring (bicyclic) bond motifs is 2. The van der Waals surface area contributed by atoms with E-state index in [0.717, 1.165) is 12.0 Å². The molecule has 6 aliphatic rings. The van der Waals surface area contributed by atoms with Gasteiger partial charge < -0.3 is 4.90 Å². The van der Waals surface area contributed by atoms with Crippen molar-refractivity contribution in [2.24, 2.45) is 17.3 Å². The van der Waals surface area contributed by atoms with Gasteiger partial charge in [-0.05, 0) is 93.9 Å². The Labute approximate surface area is 165 Å². The topological polar surface area (TPSA) is 3.24 Å². The van der Waals surface area contributed by atoms with Crippen LogP contribution in [0.25, 0.3) is 0 Å². The maximum Gasteiger partial charge on any atom is 0.0419 e. The summed E-state index contributed by atoms with van der Waals surface area (Å²) in [7, 11) is 0. The summed E-state index contributed by atoms with van der Waals surface area (Å²) in [4.78, 5) is 2.68. The minimum atomic E-state index is 0.597. The second-order valence-corrected chi connectivity index (χ2v) is 9.75. The number of hydrogen-bond acceptors (Lipinski definition) is 1. The lowest BCUT2D eigenvalue weighted by molar-refractivity contribution is 0.114. The largest absolute Gasteiger partial charge is 0.370 e. The summed E-state index contributed by atoms with van der Waals surface area (Å²) in [6, 6.07) is 0.813. The van der Waals surface area contributed by atoms with E-state index in [0.29, 0.717) is 11.3 Å². The van der Waals surface area contributed by atoms with E-state index in [1.807, 2.05) is 0 Å². The summed E-state index contributed by atoms with van der Waals surface area (Å²) in [5, 5.41) is 0. The molecule has 0 amide bonds. The number of rotatable bonds is 6. The molecule has 1 saturated heterocycles. The summed E-state index contributed by atoms with van der Waals surface area (Å²) in [6.45, 7) is 14.9. The maximum absolute atomic E-state index is 4.58. The lowest BCUT2D eigenvalue weighted by Crippen LogP contribution is -2.48. The first kappa shape index (κ1) is 17.6. The van der Waals surface area contributed by atoms with E-state index >= 15 is 0 Å². The molecule has 4 unspecified atom stereocenters. The average molecular weight is 362 g/mol. The molecule has 3 saturated carbocycles. The molecule has 5 aliphatic carbocycles. The summed E-state index contributed by atoms with van der Waals surface area (Å²) in [5.41, 5.74) is 12.1. The smallest absolute Gasteiger partial charge is 0.0419 e. The minimum Gasteiger partial charge on any atom is -0.370 e. The zero-order valence-corrected chi connectivity index (χ0v) is 17.7. The Bertz CT molecular complexity index is 832. The van der Waals surface area contributed by atoms with Gasteiger partial charge in [0, 0.05) is 29.6 Å². The number of nitrogens with zero attached hydrogens (tertiary/aromatic N) is 1. The van der Waals surface area contributed by atoms with Crippen molar-refractivity contribution < 1.29 is 0 Å². The van der Waals surface area contributed by atoms with E-state index in [2.05, 4.69) is 51.3 Å². The van der Waals surface area contributed by atoms with Crippen molar-refractivity contribution in [2.45, 2.75) is 78.7 Å². The van der Waals surface area contributed by atoms with Gasteiger partial charge in [0.1, 0.15) is 0 Å². The Balaban J connectivity index is 1.19. The SMILES string of the molecule is C=C(C1C2=C(C)C(CC)=C1C2)N1CC2(CCC3C/C(=C\C)C/C3=C\C)CC12. The predicted molar refractivity (Wildman–Crippen MR) is 114 cm³/mol. The summed E-state index contributed by atoms with van der Waals surface area (Å²) >= 11 is 0. The van der Waals surface area contributed by atoms with Gasteiger partial charge in [-0.1, -0.05) is 36.8 Å². The zero-order valence-electron chi connectivity index (χ0n) is 17.7. The van der Waals surface area contributed by atoms with Crippen molar-refractivity contribution in [2.75, 3.05) is 6.54 Å². The third-order valence-electron chi connectivity index (χ3n) is 8.70. The highest BCUT2D eigenvalue weighted by Crippen LogP contribution is 2.66. The molecule has 1 nitrogen and oxygen atoms in total. The Hall–Kier alpha value is -1.50. The fourth-order valence-electron chi connectivity index (χ4n) is 6.77. The molecule has 4 fully saturated rings. The van der Waals surface area contributed by atoms with Gasteiger partial charge in [0.2, 0.25) is 0 Å². The number of likely N-dealkylation sites (tertiary alicyclic amines) is 1. The van der Waals surface area contributed by atoms with Crippen molar-refractivity contribution in [3.05, 3.63) is 57.9 Å². The van der Waals surface area contributed by atoms with Crippen LogP contribution in [0.4, 0.5) is 0 Å². The third-order valence-corrected chi connectivity index (χ3v) is 8.70. The highest BCUT2D eigenvalue weighted by Gasteiger charge is 2.67. The van der Waals surface area contributed by atoms with Gasteiger partial charge in [0.25, 0.3) is 0 Å². The first-order valence-corrected chi connectivity index (χ1v) is 11.2. The molecule has 0 aromatic rings. The monoisotopic (exact) mass is 361 g/mol. The normalized spacial score (nSPS) is 39.3. The molecule has 144 valence electrons. The first-order valence-electron chi connectivity index (χ1n) is 11.2. The van der Waals surface area contributed by atoms with Gasteiger partial charge in [-0.3, -0.25) is 0 Å². The Morgan fingerprint density at radius 3 is 2.67 bits per heavy atom. The van der Waals surface area contributed by atoms with Gasteiger partial charge in [0.05, 0.1) is 0 Å². The molecule has 0 aromatic carbocycles. The van der Waals surface area contributed by atoms with Crippen LogP contribution in [-0.2, 0) is 0 Å². The van der Waals surface area contributed by atoms with E-state index in [1.54, 1.807) is 33.4 Å². The van der Waals surface area contributed by atoms with Crippen molar-refractivity contribution >= 4 is 0 Å². The van der Waals surface area contributed by atoms with Crippen LogP contribution >= 0.6 is 0 Å². The number of allylic oxidation sites excluding steroid dienone is 7. The average Bonchev–Trinajstić information content (AvgIpc) is 3.00. The fraction of sp³-hybridized carbons (Fsp3) is 0.615. The van der Waals surface area contributed by atoms with Crippen LogP contribution in [0.1, 0.15) is 72.6 Å². The van der Waals surface area contributed by atoms with Crippen LogP contribution in [0.3, 0.4) is 0 Å². The van der Waals surface area contributed by atoms with Gasteiger partial charge in [-0.15, -0.1) is 0 Å². The molecule has 0 radical (unpaired) electrons. The van der Waals surface area contributed by atoms with E-state index in [1.165, 1.54) is 57.2 Å². The van der Waals surface area contributed by atoms with Gasteiger partial charge in [-0.25, -0.2) is 0 Å². The first-order chi connectivity index (χ1) is 13.0. The Kier molecular flexibility index (Phi) is 3.91. The van der Waals surface area contributed by atoms with Crippen molar-refractivity contribution in [3.8, 4) is 0 Å². The van der Waals surface area contributed by atoms with Gasteiger partial charge in [0.15, 0.2) is 0 Å². The second-order valence-electron chi connectivity index (χ2n) is 9.75. The molecule has 2 bridgehead atoms. The summed E-state index contributed by atoms with van der Waals surface area (Å²) in [6.07, 6.45) is 14.0. The van der Waals surface area contributed by atoms with Crippen molar-refractivity contribution in [3.63, 3.8) is 0 Å². The van der Waals surface area contributed by atoms with Crippen molar-refractivity contribution in [1.82, 2.24) is 4.90 Å². The van der Waals surface area contributed by atoms with Crippen LogP contribution in [0, 0.1) is 17.3 Å². The standard InChI is InChI=1S/C26H35N/c1-6-18-11-19(7-2)20(12-18)9-10-26-14-24(26)27(15-26)17(5)25-22-13-23(25)21(8-3)16(22)4/h6-7,20,24-25H,5,8-15H2,1-4H3/b18-6-,19-7+. The molecule has 0 N–H and O–H groups in total. The molecule has 0 spiro atoms. The molecule has 0 aromatic heterocycles. The Morgan fingerprint density at radius 2 is 2.04 bits per heavy atom. The van der Waals surface area contributed by atoms with Crippen LogP contribution in [-0.4, -0.2) is 17.5 Å². The van der Waals surface area contributed by atoms with Crippen LogP contribution in [0.5, 0.6) is 0 Å². The maximum atomic E-state index is 4.58. The van der Waals surface area contributed by atoms with Gasteiger partial charge >= 0.3 is 0 Å². The van der Waals surface area contributed by atoms with E-state index in [9.17, 15) is 0 Å². The quantitative estimate of drug-likeness (QED) is 0.475. The van der Waals surface area contributed by atoms with E-state index in [4.69, 9.17) is 0 Å². The predicted octanol–water partition coefficient (Wildman–Crippen LogP) is 6.71. The van der Waals surface area contributed by atoms with Crippen LogP contribution < -0.4 is 0 Å². The lowest BCUT2D eigenvalue weighted by Gasteiger charge is -2.46. The zero-order chi connectivity index (χ0) is 18.9. The molecule has 4 atom stereocenters. The van der Waals surface area contributed by atoms with E-state index < -0.39 is 0 Å². The van der Waals surface area contributed by atoms with Crippen LogP contribution in [0.2, 0.25) is 0 Å². The molecule has 27 heavy (non-hydrogen) atoms. The molecule has 6 rings (SSSR count). The Morgan fingerprint density at radius 1 is 1.22 bits per heavy atom. The molecule has 1 heterocycles. The second kappa shape index (κ2) is 6.00. The molecular weight excluding hydrogens is 326 g/mol. The van der Waals surface area contributed by atoms with Gasteiger partial charge in [-0.2, -0.15) is 0 Å². The number of hydrogen-bond donors (Lipinski definition) is 0. The highest BCUT2D eigenvalue weighted by atomic mass is 15.3. The van der Waals surface area contributed by atoms with Crippen molar-refractivity contribution in [1.29, 1.82) is 0 Å². The summed E-state index contributed by atoms with van der Waals surface area (Å²) < 4.78 is 0. The lowest BCUT2D eigenvalue weighted by atomic mass is 9.74. The molecular formula is C26H35N. The molecule has 1 aliphatic heterocycles. The van der Waals surface area contributed by atoms with E-state index in [-0.39, 0.29) is 0 Å².